The van der Waals surface area contributed by atoms with Crippen LogP contribution in [-0.2, 0) is 9.84 Å². The molecule has 3 atom stereocenters. The molecule has 21 heavy (non-hydrogen) atoms. The number of halogens is 1. The lowest BCUT2D eigenvalue weighted by Crippen LogP contribution is -2.36. The highest BCUT2D eigenvalue weighted by Crippen LogP contribution is 2.36. The lowest BCUT2D eigenvalue weighted by atomic mass is 9.82. The van der Waals surface area contributed by atoms with Gasteiger partial charge in [-0.2, -0.15) is 0 Å². The van der Waals surface area contributed by atoms with E-state index in [1.54, 1.807) is 6.20 Å². The Morgan fingerprint density at radius 2 is 2.19 bits per heavy atom. The van der Waals surface area contributed by atoms with Gasteiger partial charge in [-0.3, -0.25) is 4.98 Å². The predicted molar refractivity (Wildman–Crippen MR) is 88.9 cm³/mol. The molecule has 0 radical (unpaired) electrons. The zero-order valence-corrected chi connectivity index (χ0v) is 15.0. The molecule has 3 unspecified atom stereocenters. The van der Waals surface area contributed by atoms with Crippen LogP contribution in [0.25, 0.3) is 0 Å². The Balaban J connectivity index is 2.19. The highest BCUT2D eigenvalue weighted by Gasteiger charge is 2.33. The molecule has 118 valence electrons. The Bertz CT molecular complexity index is 560. The first-order valence-corrected chi connectivity index (χ1v) is 10.2. The van der Waals surface area contributed by atoms with Crippen molar-refractivity contribution in [1.29, 1.82) is 0 Å². The lowest BCUT2D eigenvalue weighted by Gasteiger charge is -2.34. The average molecular weight is 375 g/mol. The molecule has 6 heteroatoms. The van der Waals surface area contributed by atoms with E-state index < -0.39 is 9.84 Å². The van der Waals surface area contributed by atoms with E-state index in [9.17, 15) is 8.42 Å². The highest BCUT2D eigenvalue weighted by molar-refractivity contribution is 9.10. The van der Waals surface area contributed by atoms with Gasteiger partial charge in [0.25, 0.3) is 0 Å². The fourth-order valence-electron chi connectivity index (χ4n) is 3.18. The van der Waals surface area contributed by atoms with E-state index in [0.717, 1.165) is 42.4 Å². The smallest absolute Gasteiger partial charge is 0.150 e. The Kier molecular flexibility index (Phi) is 5.80. The third-order valence-electron chi connectivity index (χ3n) is 4.24. The summed E-state index contributed by atoms with van der Waals surface area (Å²) >= 11 is 3.40. The molecule has 2 rings (SSSR count). The van der Waals surface area contributed by atoms with Gasteiger partial charge < -0.3 is 5.32 Å². The Hall–Kier alpha value is -0.460. The first kappa shape index (κ1) is 16.9. The molecule has 0 saturated heterocycles. The Labute approximate surface area is 135 Å². The molecule has 1 fully saturated rings. The van der Waals surface area contributed by atoms with Crippen LogP contribution < -0.4 is 5.32 Å². The van der Waals surface area contributed by atoms with Crippen molar-refractivity contribution >= 4 is 25.8 Å². The summed E-state index contributed by atoms with van der Waals surface area (Å²) in [6, 6.07) is 4.14. The minimum Gasteiger partial charge on any atom is -0.309 e. The summed E-state index contributed by atoms with van der Waals surface area (Å²) in [5.41, 5.74) is 0.999. The van der Waals surface area contributed by atoms with Gasteiger partial charge in [0.05, 0.1) is 17.0 Å². The molecular weight excluding hydrogens is 352 g/mol. The van der Waals surface area contributed by atoms with Gasteiger partial charge in [-0.1, -0.05) is 13.3 Å². The fraction of sp³-hybridized carbons (Fsp3) is 0.667. The van der Waals surface area contributed by atoms with Crippen LogP contribution >= 0.6 is 15.9 Å². The number of rotatable bonds is 5. The van der Waals surface area contributed by atoms with Crippen molar-refractivity contribution in [3.8, 4) is 0 Å². The monoisotopic (exact) mass is 374 g/mol. The molecule has 4 nitrogen and oxygen atoms in total. The van der Waals surface area contributed by atoms with Gasteiger partial charge >= 0.3 is 0 Å². The summed E-state index contributed by atoms with van der Waals surface area (Å²) in [7, 11) is -2.95. The molecule has 0 aromatic carbocycles. The summed E-state index contributed by atoms with van der Waals surface area (Å²) in [6.45, 7) is 2.92. The summed E-state index contributed by atoms with van der Waals surface area (Å²) in [6.07, 6.45) is 6.72. The molecule has 1 aromatic heterocycles. The van der Waals surface area contributed by atoms with E-state index in [1.165, 1.54) is 6.26 Å². The van der Waals surface area contributed by atoms with Gasteiger partial charge in [0.1, 0.15) is 9.84 Å². The number of nitrogens with zero attached hydrogens (tertiary/aromatic N) is 1. The molecule has 1 aliphatic carbocycles. The summed E-state index contributed by atoms with van der Waals surface area (Å²) < 4.78 is 24.7. The van der Waals surface area contributed by atoms with Crippen LogP contribution in [0.5, 0.6) is 0 Å². The van der Waals surface area contributed by atoms with Crippen molar-refractivity contribution in [3.05, 3.63) is 28.5 Å². The van der Waals surface area contributed by atoms with E-state index in [2.05, 4.69) is 33.2 Å². The molecule has 1 N–H and O–H groups in total. The van der Waals surface area contributed by atoms with Crippen LogP contribution in [0.1, 0.15) is 44.3 Å². The van der Waals surface area contributed by atoms with Crippen LogP contribution in [0.15, 0.2) is 22.8 Å². The molecular formula is C15H23BrN2O2S. The van der Waals surface area contributed by atoms with E-state index >= 15 is 0 Å². The van der Waals surface area contributed by atoms with Crippen molar-refractivity contribution in [1.82, 2.24) is 10.3 Å². The summed E-state index contributed by atoms with van der Waals surface area (Å²) in [4.78, 5) is 4.50. The number of hydrogen-bond donors (Lipinski definition) is 1. The molecule has 1 heterocycles. The van der Waals surface area contributed by atoms with Crippen LogP contribution in [0, 0.1) is 5.92 Å². The van der Waals surface area contributed by atoms with E-state index in [0.29, 0.717) is 5.92 Å². The minimum absolute atomic E-state index is 0.132. The van der Waals surface area contributed by atoms with Gasteiger partial charge in [0.15, 0.2) is 0 Å². The largest absolute Gasteiger partial charge is 0.309 e. The van der Waals surface area contributed by atoms with Crippen molar-refractivity contribution in [2.75, 3.05) is 12.8 Å². The maximum absolute atomic E-state index is 11.9. The Morgan fingerprint density at radius 1 is 1.43 bits per heavy atom. The van der Waals surface area contributed by atoms with Crippen LogP contribution in [-0.4, -0.2) is 31.5 Å². The molecule has 1 saturated carbocycles. The van der Waals surface area contributed by atoms with E-state index in [1.807, 2.05) is 12.1 Å². The van der Waals surface area contributed by atoms with Crippen LogP contribution in [0.3, 0.4) is 0 Å². The van der Waals surface area contributed by atoms with Crippen LogP contribution in [0.4, 0.5) is 0 Å². The minimum atomic E-state index is -2.95. The fourth-order valence-corrected chi connectivity index (χ4v) is 4.60. The molecule has 0 amide bonds. The van der Waals surface area contributed by atoms with Gasteiger partial charge in [-0.05, 0) is 59.8 Å². The second-order valence-electron chi connectivity index (χ2n) is 5.81. The van der Waals surface area contributed by atoms with Crippen molar-refractivity contribution in [3.63, 3.8) is 0 Å². The number of nitrogens with one attached hydrogen (secondary N) is 1. The van der Waals surface area contributed by atoms with Gasteiger partial charge in [-0.15, -0.1) is 0 Å². The Morgan fingerprint density at radius 3 is 2.76 bits per heavy atom. The second kappa shape index (κ2) is 7.20. The van der Waals surface area contributed by atoms with E-state index in [4.69, 9.17) is 0 Å². The first-order valence-electron chi connectivity index (χ1n) is 7.45. The zero-order valence-electron chi connectivity index (χ0n) is 12.5. The van der Waals surface area contributed by atoms with Crippen LogP contribution in [0.2, 0.25) is 0 Å². The SMILES string of the molecule is CCNC(c1ccc(Br)cn1)C1CCCC(S(C)(=O)=O)C1. The zero-order chi connectivity index (χ0) is 15.5. The molecule has 1 aliphatic rings. The highest BCUT2D eigenvalue weighted by atomic mass is 79.9. The van der Waals surface area contributed by atoms with Gasteiger partial charge in [0, 0.05) is 16.9 Å². The number of aromatic nitrogens is 1. The maximum Gasteiger partial charge on any atom is 0.150 e. The average Bonchev–Trinajstić information content (AvgIpc) is 2.45. The third-order valence-corrected chi connectivity index (χ3v) is 6.34. The van der Waals surface area contributed by atoms with Gasteiger partial charge in [0.2, 0.25) is 0 Å². The normalized spacial score (nSPS) is 24.7. The maximum atomic E-state index is 11.9. The predicted octanol–water partition coefficient (Wildman–Crippen LogP) is 3.10. The lowest BCUT2D eigenvalue weighted by molar-refractivity contribution is 0.271. The molecule has 0 spiro atoms. The molecule has 0 bridgehead atoms. The number of hydrogen-bond acceptors (Lipinski definition) is 4. The summed E-state index contributed by atoms with van der Waals surface area (Å²) in [5.74, 6) is 0.326. The topological polar surface area (TPSA) is 59.1 Å². The number of pyridine rings is 1. The molecule has 0 aliphatic heterocycles. The van der Waals surface area contributed by atoms with E-state index in [-0.39, 0.29) is 11.3 Å². The van der Waals surface area contributed by atoms with Crippen molar-refractivity contribution in [2.24, 2.45) is 5.92 Å². The summed E-state index contributed by atoms with van der Waals surface area (Å²) in [5, 5.41) is 3.29. The quantitative estimate of drug-likeness (QED) is 0.859. The first-order chi connectivity index (χ1) is 9.91. The standard InChI is InChI=1S/C15H23BrN2O2S/c1-3-17-15(14-8-7-12(16)10-18-14)11-5-4-6-13(9-11)21(2,19)20/h7-8,10-11,13,15,17H,3-6,9H2,1-2H3. The molecule has 1 aromatic rings. The second-order valence-corrected chi connectivity index (χ2v) is 9.06. The van der Waals surface area contributed by atoms with Gasteiger partial charge in [-0.25, -0.2) is 8.42 Å². The number of sulfone groups is 1. The van der Waals surface area contributed by atoms with Crippen molar-refractivity contribution in [2.45, 2.75) is 43.9 Å². The van der Waals surface area contributed by atoms with Crippen molar-refractivity contribution < 1.29 is 8.42 Å². The third kappa shape index (κ3) is 4.50.